The van der Waals surface area contributed by atoms with Crippen LogP contribution in [0.5, 0.6) is 0 Å². The fourth-order valence-electron chi connectivity index (χ4n) is 0.654. The molecule has 0 aliphatic heterocycles. The van der Waals surface area contributed by atoms with Crippen LogP contribution in [0.15, 0.2) is 0 Å². The van der Waals surface area contributed by atoms with Gasteiger partial charge in [-0.2, -0.15) is 0 Å². The van der Waals surface area contributed by atoms with E-state index in [1.807, 2.05) is 0 Å². The number of hydrogen-bond acceptors (Lipinski definition) is 3. The molecule has 0 aromatic rings. The van der Waals surface area contributed by atoms with Crippen molar-refractivity contribution in [3.8, 4) is 0 Å². The lowest BCUT2D eigenvalue weighted by atomic mass is 10.6. The average Bonchev–Trinajstić information content (AvgIpc) is 2.42. The summed E-state index contributed by atoms with van der Waals surface area (Å²) in [6, 6.07) is 0.181. The Bertz CT molecular complexity index is 257. The maximum atomic E-state index is 10.7. The maximum absolute atomic E-state index is 10.7. The van der Waals surface area contributed by atoms with Gasteiger partial charge in [-0.15, -0.1) is 0 Å². The number of rotatable bonds is 3. The molecule has 0 radical (unpaired) electrons. The molecule has 4 nitrogen and oxygen atoms in total. The molecule has 1 saturated carbocycles. The van der Waals surface area contributed by atoms with Gasteiger partial charge in [0.15, 0.2) is 0 Å². The van der Waals surface area contributed by atoms with E-state index in [1.54, 1.807) is 0 Å². The second-order valence-corrected chi connectivity index (χ2v) is 5.30. The predicted octanol–water partition coefficient (Wildman–Crippen LogP) is -0.166. The van der Waals surface area contributed by atoms with Gasteiger partial charge in [-0.25, -0.2) is 8.42 Å². The molecule has 64 valence electrons. The Kier molecular flexibility index (Phi) is 2.39. The highest BCUT2D eigenvalue weighted by atomic mass is 35.7. The number of halogens is 1. The van der Waals surface area contributed by atoms with E-state index in [9.17, 15) is 13.2 Å². The minimum atomic E-state index is -3.68. The van der Waals surface area contributed by atoms with E-state index >= 15 is 0 Å². The molecule has 0 heterocycles. The third-order valence-corrected chi connectivity index (χ3v) is 2.18. The summed E-state index contributed by atoms with van der Waals surface area (Å²) in [6.45, 7) is 0. The minimum absolute atomic E-state index is 0.181. The Morgan fingerprint density at radius 2 is 2.09 bits per heavy atom. The first-order valence-electron chi connectivity index (χ1n) is 3.19. The Hall–Kier alpha value is -0.290. The summed E-state index contributed by atoms with van der Waals surface area (Å²) < 4.78 is 20.7. The van der Waals surface area contributed by atoms with Crippen LogP contribution in [0.2, 0.25) is 0 Å². The summed E-state index contributed by atoms with van der Waals surface area (Å²) in [6.07, 6.45) is 1.88. The second kappa shape index (κ2) is 2.98. The summed E-state index contributed by atoms with van der Waals surface area (Å²) in [7, 11) is 1.16. The Morgan fingerprint density at radius 1 is 1.55 bits per heavy atom. The third-order valence-electron chi connectivity index (χ3n) is 1.25. The zero-order valence-corrected chi connectivity index (χ0v) is 7.28. The summed E-state index contributed by atoms with van der Waals surface area (Å²) in [5.41, 5.74) is 0. The van der Waals surface area contributed by atoms with Gasteiger partial charge in [-0.3, -0.25) is 4.79 Å². The van der Waals surface area contributed by atoms with Gasteiger partial charge in [-0.1, -0.05) is 0 Å². The van der Waals surface area contributed by atoms with Gasteiger partial charge >= 0.3 is 0 Å². The molecule has 1 fully saturated rings. The molecule has 0 bridgehead atoms. The van der Waals surface area contributed by atoms with Crippen molar-refractivity contribution in [1.29, 1.82) is 0 Å². The van der Waals surface area contributed by atoms with Crippen LogP contribution in [0.4, 0.5) is 0 Å². The van der Waals surface area contributed by atoms with Crippen LogP contribution in [-0.4, -0.2) is 26.1 Å². The number of nitrogens with one attached hydrogen (secondary N) is 1. The van der Waals surface area contributed by atoms with Crippen LogP contribution in [-0.2, 0) is 13.8 Å². The molecule has 1 rings (SSSR count). The molecule has 0 aromatic heterocycles. The SMILES string of the molecule is O=C(CS(=O)(=O)Cl)NC1CC1. The lowest BCUT2D eigenvalue weighted by Gasteiger charge is -1.98. The molecule has 0 saturated heterocycles. The van der Waals surface area contributed by atoms with Crippen LogP contribution >= 0.6 is 10.7 Å². The monoisotopic (exact) mass is 197 g/mol. The highest BCUT2D eigenvalue weighted by Crippen LogP contribution is 2.18. The topological polar surface area (TPSA) is 63.2 Å². The first-order valence-corrected chi connectivity index (χ1v) is 5.67. The van der Waals surface area contributed by atoms with E-state index in [-0.39, 0.29) is 6.04 Å². The van der Waals surface area contributed by atoms with Gasteiger partial charge in [-0.05, 0) is 12.8 Å². The van der Waals surface area contributed by atoms with Gasteiger partial charge in [0.05, 0.1) is 0 Å². The smallest absolute Gasteiger partial charge is 0.241 e. The Morgan fingerprint density at radius 3 is 2.45 bits per heavy atom. The highest BCUT2D eigenvalue weighted by Gasteiger charge is 2.24. The molecule has 11 heavy (non-hydrogen) atoms. The molecule has 6 heteroatoms. The van der Waals surface area contributed by atoms with Crippen LogP contribution in [0.25, 0.3) is 0 Å². The van der Waals surface area contributed by atoms with Gasteiger partial charge in [0.2, 0.25) is 15.0 Å². The third kappa shape index (κ3) is 4.21. The van der Waals surface area contributed by atoms with Crippen molar-refractivity contribution < 1.29 is 13.2 Å². The summed E-state index contributed by atoms with van der Waals surface area (Å²) in [5.74, 6) is -1.13. The molecule has 0 unspecified atom stereocenters. The average molecular weight is 198 g/mol. The first-order chi connectivity index (χ1) is 4.97. The molecular formula is C5H8ClNO3S. The zero-order valence-electron chi connectivity index (χ0n) is 5.71. The van der Waals surface area contributed by atoms with E-state index in [1.165, 1.54) is 0 Å². The fourth-order valence-corrected chi connectivity index (χ4v) is 1.35. The van der Waals surface area contributed by atoms with Crippen molar-refractivity contribution >= 4 is 25.6 Å². The van der Waals surface area contributed by atoms with Crippen molar-refractivity contribution in [3.63, 3.8) is 0 Å². The molecule has 1 amide bonds. The van der Waals surface area contributed by atoms with E-state index in [0.29, 0.717) is 0 Å². The summed E-state index contributed by atoms with van der Waals surface area (Å²) in [5, 5.41) is 2.51. The molecule has 0 atom stereocenters. The Balaban J connectivity index is 2.30. The number of hydrogen-bond donors (Lipinski definition) is 1. The van der Waals surface area contributed by atoms with Gasteiger partial charge < -0.3 is 5.32 Å². The lowest BCUT2D eigenvalue weighted by Crippen LogP contribution is -2.30. The van der Waals surface area contributed by atoms with Crippen molar-refractivity contribution in [2.45, 2.75) is 18.9 Å². The van der Waals surface area contributed by atoms with Crippen molar-refractivity contribution in [1.82, 2.24) is 5.32 Å². The van der Waals surface area contributed by atoms with Crippen LogP contribution < -0.4 is 5.32 Å². The molecule has 0 aromatic carbocycles. The first kappa shape index (κ1) is 8.80. The maximum Gasteiger partial charge on any atom is 0.241 e. The largest absolute Gasteiger partial charge is 0.352 e. The number of carbonyl (C=O) groups excluding carboxylic acids is 1. The summed E-state index contributed by atoms with van der Waals surface area (Å²) >= 11 is 0. The van der Waals surface area contributed by atoms with E-state index in [2.05, 4.69) is 5.32 Å². The van der Waals surface area contributed by atoms with Crippen LogP contribution in [0.3, 0.4) is 0 Å². The molecule has 0 spiro atoms. The molecular weight excluding hydrogens is 190 g/mol. The number of amides is 1. The van der Waals surface area contributed by atoms with Crippen LogP contribution in [0.1, 0.15) is 12.8 Å². The second-order valence-electron chi connectivity index (χ2n) is 2.52. The van der Waals surface area contributed by atoms with Crippen LogP contribution in [0, 0.1) is 0 Å². The minimum Gasteiger partial charge on any atom is -0.352 e. The van der Waals surface area contributed by atoms with Crippen molar-refractivity contribution in [2.24, 2.45) is 0 Å². The van der Waals surface area contributed by atoms with E-state index in [0.717, 1.165) is 12.8 Å². The quantitative estimate of drug-likeness (QED) is 0.640. The molecule has 1 aliphatic rings. The predicted molar refractivity (Wildman–Crippen MR) is 40.8 cm³/mol. The fraction of sp³-hybridized carbons (Fsp3) is 0.800. The standard InChI is InChI=1S/C5H8ClNO3S/c6-11(9,10)3-5(8)7-4-1-2-4/h4H,1-3H2,(H,7,8). The lowest BCUT2D eigenvalue weighted by molar-refractivity contribution is -0.118. The summed E-state index contributed by atoms with van der Waals surface area (Å²) in [4.78, 5) is 10.7. The normalized spacial score (nSPS) is 17.9. The van der Waals surface area contributed by atoms with Crippen molar-refractivity contribution in [3.05, 3.63) is 0 Å². The zero-order chi connectivity index (χ0) is 8.48. The van der Waals surface area contributed by atoms with E-state index in [4.69, 9.17) is 10.7 Å². The van der Waals surface area contributed by atoms with Gasteiger partial charge in [0.25, 0.3) is 0 Å². The highest BCUT2D eigenvalue weighted by molar-refractivity contribution is 8.14. The van der Waals surface area contributed by atoms with Crippen molar-refractivity contribution in [2.75, 3.05) is 5.75 Å². The van der Waals surface area contributed by atoms with Gasteiger partial charge in [0.1, 0.15) is 5.75 Å². The number of carbonyl (C=O) groups is 1. The Labute approximate surface area is 69.3 Å². The van der Waals surface area contributed by atoms with Gasteiger partial charge in [0, 0.05) is 16.7 Å². The van der Waals surface area contributed by atoms with E-state index < -0.39 is 20.7 Å². The molecule has 1 aliphatic carbocycles. The molecule has 1 N–H and O–H groups in total.